The molecule has 1 aromatic heterocycles. The fourth-order valence-corrected chi connectivity index (χ4v) is 4.37. The van der Waals surface area contributed by atoms with Gasteiger partial charge in [0.25, 0.3) is 0 Å². The summed E-state index contributed by atoms with van der Waals surface area (Å²) in [5.74, 6) is 0.0768. The van der Waals surface area contributed by atoms with Gasteiger partial charge in [0, 0.05) is 23.7 Å². The molecular formula is C23H23ClFN3O. The summed E-state index contributed by atoms with van der Waals surface area (Å²) < 4.78 is 14.4. The van der Waals surface area contributed by atoms with Crippen LogP contribution in [0.15, 0.2) is 42.6 Å². The molecule has 1 atom stereocenters. The minimum Gasteiger partial charge on any atom is -0.338 e. The third kappa shape index (κ3) is 3.67. The topological polar surface area (TPSA) is 45.2 Å². The van der Waals surface area contributed by atoms with E-state index in [1.165, 1.54) is 11.6 Å². The van der Waals surface area contributed by atoms with Crippen LogP contribution in [0.3, 0.4) is 0 Å². The van der Waals surface area contributed by atoms with Gasteiger partial charge in [0.05, 0.1) is 16.8 Å². The van der Waals surface area contributed by atoms with Gasteiger partial charge in [-0.1, -0.05) is 42.8 Å². The number of pyridine rings is 1. The highest BCUT2D eigenvalue weighted by atomic mass is 35.5. The number of aryl methyl sites for hydroxylation is 1. The van der Waals surface area contributed by atoms with Crippen LogP contribution in [0.25, 0.3) is 10.8 Å². The average Bonchev–Trinajstić information content (AvgIpc) is 2.76. The second-order valence-electron chi connectivity index (χ2n) is 7.34. The van der Waals surface area contributed by atoms with Crippen LogP contribution in [0.2, 0.25) is 5.02 Å². The smallest absolute Gasteiger partial charge is 0.210 e. The van der Waals surface area contributed by atoms with Crippen LogP contribution in [0.5, 0.6) is 0 Å². The summed E-state index contributed by atoms with van der Waals surface area (Å²) in [6.07, 6.45) is 6.65. The number of amides is 1. The first-order valence-corrected chi connectivity index (χ1v) is 10.3. The van der Waals surface area contributed by atoms with E-state index in [4.69, 9.17) is 11.6 Å². The fourth-order valence-electron chi connectivity index (χ4n) is 4.20. The van der Waals surface area contributed by atoms with E-state index >= 15 is 0 Å². The molecule has 1 amide bonds. The monoisotopic (exact) mass is 411 g/mol. The minimum atomic E-state index is -0.501. The molecule has 0 radical (unpaired) electrons. The summed E-state index contributed by atoms with van der Waals surface area (Å²) in [5, 5.41) is 5.18. The van der Waals surface area contributed by atoms with Crippen molar-refractivity contribution >= 4 is 40.3 Å². The van der Waals surface area contributed by atoms with Crippen molar-refractivity contribution in [2.24, 2.45) is 0 Å². The van der Waals surface area contributed by atoms with Gasteiger partial charge in [0.2, 0.25) is 6.41 Å². The zero-order chi connectivity index (χ0) is 20.4. The SMILES string of the molecule is CCc1cccc2c(Nc3cccc(Cl)c3F)ncc(C3CCCCN3C=O)c12. The molecule has 1 aliphatic heterocycles. The lowest BCUT2D eigenvalue weighted by molar-refractivity contribution is -0.121. The molecule has 2 aromatic carbocycles. The molecule has 4 nitrogen and oxygen atoms in total. The molecule has 1 saturated heterocycles. The number of nitrogens with zero attached hydrogens (tertiary/aromatic N) is 2. The van der Waals surface area contributed by atoms with Crippen molar-refractivity contribution in [2.75, 3.05) is 11.9 Å². The molecule has 1 fully saturated rings. The van der Waals surface area contributed by atoms with Crippen molar-refractivity contribution in [1.29, 1.82) is 0 Å². The van der Waals surface area contributed by atoms with Gasteiger partial charge in [-0.3, -0.25) is 4.79 Å². The highest BCUT2D eigenvalue weighted by Crippen LogP contribution is 2.38. The van der Waals surface area contributed by atoms with E-state index in [0.717, 1.165) is 55.0 Å². The Hall–Kier alpha value is -2.66. The maximum Gasteiger partial charge on any atom is 0.210 e. The van der Waals surface area contributed by atoms with Crippen LogP contribution in [0.1, 0.15) is 43.4 Å². The molecule has 0 spiro atoms. The number of benzene rings is 2. The van der Waals surface area contributed by atoms with Gasteiger partial charge in [-0.25, -0.2) is 9.37 Å². The van der Waals surface area contributed by atoms with Gasteiger partial charge in [0.15, 0.2) is 5.82 Å². The molecule has 3 aromatic rings. The number of hydrogen-bond acceptors (Lipinski definition) is 3. The van der Waals surface area contributed by atoms with E-state index in [1.807, 2.05) is 23.2 Å². The van der Waals surface area contributed by atoms with Crippen LogP contribution < -0.4 is 5.32 Å². The van der Waals surface area contributed by atoms with Crippen molar-refractivity contribution in [1.82, 2.24) is 9.88 Å². The molecule has 1 aliphatic rings. The van der Waals surface area contributed by atoms with E-state index in [-0.39, 0.29) is 16.8 Å². The Morgan fingerprint density at radius 3 is 2.90 bits per heavy atom. The molecule has 0 aliphatic carbocycles. The van der Waals surface area contributed by atoms with Crippen LogP contribution >= 0.6 is 11.6 Å². The van der Waals surface area contributed by atoms with Gasteiger partial charge < -0.3 is 10.2 Å². The highest BCUT2D eigenvalue weighted by Gasteiger charge is 2.26. The molecule has 6 heteroatoms. The van der Waals surface area contributed by atoms with E-state index in [9.17, 15) is 9.18 Å². The average molecular weight is 412 g/mol. The number of likely N-dealkylation sites (tertiary alicyclic amines) is 1. The predicted molar refractivity (Wildman–Crippen MR) is 115 cm³/mol. The Kier molecular flexibility index (Phi) is 5.67. The maximum absolute atomic E-state index is 14.4. The number of anilines is 2. The lowest BCUT2D eigenvalue weighted by atomic mass is 9.90. The summed E-state index contributed by atoms with van der Waals surface area (Å²) in [5.41, 5.74) is 2.53. The quantitative estimate of drug-likeness (QED) is 0.522. The maximum atomic E-state index is 14.4. The summed E-state index contributed by atoms with van der Waals surface area (Å²) in [7, 11) is 0. The van der Waals surface area contributed by atoms with Crippen molar-refractivity contribution in [3.8, 4) is 0 Å². The van der Waals surface area contributed by atoms with Crippen molar-refractivity contribution < 1.29 is 9.18 Å². The Bertz CT molecular complexity index is 1060. The summed E-state index contributed by atoms with van der Waals surface area (Å²) in [6.45, 7) is 2.87. The van der Waals surface area contributed by atoms with Crippen LogP contribution in [0, 0.1) is 5.82 Å². The van der Waals surface area contributed by atoms with Gasteiger partial charge >= 0.3 is 0 Å². The Morgan fingerprint density at radius 2 is 2.10 bits per heavy atom. The largest absolute Gasteiger partial charge is 0.338 e. The molecule has 0 bridgehead atoms. The number of nitrogens with one attached hydrogen (secondary N) is 1. The zero-order valence-corrected chi connectivity index (χ0v) is 17.0. The van der Waals surface area contributed by atoms with Crippen LogP contribution in [0.4, 0.5) is 15.9 Å². The Balaban J connectivity index is 1.86. The molecular weight excluding hydrogens is 389 g/mol. The second kappa shape index (κ2) is 8.37. The molecule has 4 rings (SSSR count). The third-order valence-corrected chi connectivity index (χ3v) is 5.94. The van der Waals surface area contributed by atoms with Crippen LogP contribution in [-0.2, 0) is 11.2 Å². The first kappa shape index (κ1) is 19.6. The second-order valence-corrected chi connectivity index (χ2v) is 7.74. The van der Waals surface area contributed by atoms with Gasteiger partial charge in [0.1, 0.15) is 5.82 Å². The minimum absolute atomic E-state index is 0.0147. The normalized spacial score (nSPS) is 16.8. The van der Waals surface area contributed by atoms with Crippen molar-refractivity contribution in [2.45, 2.75) is 38.6 Å². The fraction of sp³-hybridized carbons (Fsp3) is 0.304. The predicted octanol–water partition coefficient (Wildman–Crippen LogP) is 6.02. The molecule has 0 saturated carbocycles. The van der Waals surface area contributed by atoms with Gasteiger partial charge in [-0.2, -0.15) is 0 Å². The number of piperidine rings is 1. The molecule has 1 N–H and O–H groups in total. The number of carbonyl (C=O) groups is 1. The summed E-state index contributed by atoms with van der Waals surface area (Å²) in [6, 6.07) is 11.0. The molecule has 1 unspecified atom stereocenters. The Morgan fingerprint density at radius 1 is 1.28 bits per heavy atom. The van der Waals surface area contributed by atoms with E-state index in [2.05, 4.69) is 23.3 Å². The highest BCUT2D eigenvalue weighted by molar-refractivity contribution is 6.31. The van der Waals surface area contributed by atoms with E-state index in [0.29, 0.717) is 5.82 Å². The standard InChI is InChI=1S/C23H23ClFN3O/c1-2-15-7-5-8-16-21(15)17(20-11-3-4-12-28(20)14-29)13-26-23(16)27-19-10-6-9-18(24)22(19)25/h5-10,13-14,20H,2-4,11-12H2,1H3,(H,26,27). The first-order chi connectivity index (χ1) is 14.1. The summed E-state index contributed by atoms with van der Waals surface area (Å²) >= 11 is 5.93. The van der Waals surface area contributed by atoms with Crippen molar-refractivity contribution in [3.63, 3.8) is 0 Å². The lowest BCUT2D eigenvalue weighted by Gasteiger charge is -2.34. The van der Waals surface area contributed by atoms with Crippen molar-refractivity contribution in [3.05, 3.63) is 64.6 Å². The third-order valence-electron chi connectivity index (χ3n) is 5.65. The van der Waals surface area contributed by atoms with Gasteiger partial charge in [-0.15, -0.1) is 0 Å². The number of hydrogen-bond donors (Lipinski definition) is 1. The summed E-state index contributed by atoms with van der Waals surface area (Å²) in [4.78, 5) is 18.2. The number of carbonyl (C=O) groups excluding carboxylic acids is 1. The number of aromatic nitrogens is 1. The number of halogens is 2. The number of rotatable bonds is 5. The molecule has 2 heterocycles. The number of fused-ring (bicyclic) bond motifs is 1. The Labute approximate surface area is 174 Å². The van der Waals surface area contributed by atoms with E-state index in [1.54, 1.807) is 12.1 Å². The van der Waals surface area contributed by atoms with E-state index < -0.39 is 5.82 Å². The first-order valence-electron chi connectivity index (χ1n) is 9.96. The van der Waals surface area contributed by atoms with Gasteiger partial charge in [-0.05, 0) is 48.8 Å². The molecule has 29 heavy (non-hydrogen) atoms. The molecule has 150 valence electrons. The lowest BCUT2D eigenvalue weighted by Crippen LogP contribution is -2.32. The van der Waals surface area contributed by atoms with Crippen LogP contribution in [-0.4, -0.2) is 22.8 Å². The zero-order valence-electron chi connectivity index (χ0n) is 16.3.